The summed E-state index contributed by atoms with van der Waals surface area (Å²) in [6.07, 6.45) is 1.01. The average molecular weight is 463 g/mol. The number of nitrogens with zero attached hydrogens (tertiary/aromatic N) is 3. The summed E-state index contributed by atoms with van der Waals surface area (Å²) >= 11 is 2.84. The Balaban J connectivity index is 1.83. The van der Waals surface area contributed by atoms with Crippen molar-refractivity contribution < 1.29 is 13.2 Å². The van der Waals surface area contributed by atoms with Gasteiger partial charge in [0.2, 0.25) is 11.0 Å². The normalized spacial score (nSPS) is 11.3. The van der Waals surface area contributed by atoms with Crippen LogP contribution in [0.5, 0.6) is 0 Å². The molecule has 0 aliphatic heterocycles. The van der Waals surface area contributed by atoms with E-state index in [1.807, 2.05) is 19.1 Å². The van der Waals surface area contributed by atoms with Crippen LogP contribution < -0.4 is 9.62 Å². The zero-order chi connectivity index (χ0) is 21.6. The van der Waals surface area contributed by atoms with Gasteiger partial charge in [-0.05, 0) is 37.6 Å². The first-order valence-corrected chi connectivity index (χ1v) is 12.5. The third-order valence-corrected chi connectivity index (χ3v) is 7.99. The maximum atomic E-state index is 13.2. The highest BCUT2D eigenvalue weighted by Gasteiger charge is 2.27. The number of amides is 1. The number of aromatic nitrogens is 2. The molecule has 0 bridgehead atoms. The molecule has 1 N–H and O–H groups in total. The topological polar surface area (TPSA) is 92.3 Å². The van der Waals surface area contributed by atoms with E-state index in [0.29, 0.717) is 10.8 Å². The van der Waals surface area contributed by atoms with Gasteiger partial charge in [-0.3, -0.25) is 14.4 Å². The van der Waals surface area contributed by atoms with Gasteiger partial charge in [-0.1, -0.05) is 65.9 Å². The Morgan fingerprint density at radius 2 is 1.80 bits per heavy atom. The standard InChI is InChI=1S/C20H22N4O3S3/c1-3-13-28-20-23-22-19(29-20)21-18(25)14-24(16-11-9-15(2)10-12-16)30(26,27)17-7-5-4-6-8-17/h4-12H,3,13-14H2,1-2H3,(H,21,22,25). The van der Waals surface area contributed by atoms with Gasteiger partial charge in [0.05, 0.1) is 10.6 Å². The van der Waals surface area contributed by atoms with Gasteiger partial charge < -0.3 is 0 Å². The molecule has 0 radical (unpaired) electrons. The van der Waals surface area contributed by atoms with Crippen molar-refractivity contribution >= 4 is 49.8 Å². The molecule has 0 unspecified atom stereocenters. The molecule has 0 aliphatic rings. The molecule has 3 aromatic rings. The number of carbonyl (C=O) groups excluding carboxylic acids is 1. The Morgan fingerprint density at radius 1 is 1.10 bits per heavy atom. The van der Waals surface area contributed by atoms with Gasteiger partial charge in [0.25, 0.3) is 10.0 Å². The molecule has 158 valence electrons. The van der Waals surface area contributed by atoms with Gasteiger partial charge in [-0.2, -0.15) is 0 Å². The summed E-state index contributed by atoms with van der Waals surface area (Å²) in [7, 11) is -3.93. The molecule has 0 aliphatic carbocycles. The number of hydrogen-bond acceptors (Lipinski definition) is 7. The van der Waals surface area contributed by atoms with Gasteiger partial charge in [0.1, 0.15) is 6.54 Å². The summed E-state index contributed by atoms with van der Waals surface area (Å²) in [5.74, 6) is 0.428. The number of anilines is 2. The van der Waals surface area contributed by atoms with Crippen molar-refractivity contribution in [2.75, 3.05) is 21.9 Å². The average Bonchev–Trinajstić information content (AvgIpc) is 3.19. The van der Waals surface area contributed by atoms with Crippen molar-refractivity contribution in [2.45, 2.75) is 29.5 Å². The van der Waals surface area contributed by atoms with Gasteiger partial charge in [0, 0.05) is 5.75 Å². The van der Waals surface area contributed by atoms with Crippen molar-refractivity contribution in [1.29, 1.82) is 0 Å². The molecule has 3 rings (SSSR count). The van der Waals surface area contributed by atoms with Crippen LogP contribution in [0.2, 0.25) is 0 Å². The molecule has 10 heteroatoms. The second-order valence-electron chi connectivity index (χ2n) is 6.43. The van der Waals surface area contributed by atoms with Crippen molar-refractivity contribution in [1.82, 2.24) is 10.2 Å². The van der Waals surface area contributed by atoms with Crippen LogP contribution >= 0.6 is 23.1 Å². The first-order chi connectivity index (χ1) is 14.4. The fraction of sp³-hybridized carbons (Fsp3) is 0.250. The van der Waals surface area contributed by atoms with Gasteiger partial charge in [-0.15, -0.1) is 10.2 Å². The van der Waals surface area contributed by atoms with Crippen LogP contribution in [0.15, 0.2) is 63.8 Å². The fourth-order valence-electron chi connectivity index (χ4n) is 2.54. The van der Waals surface area contributed by atoms with E-state index < -0.39 is 15.9 Å². The van der Waals surface area contributed by atoms with Crippen LogP contribution in [0.1, 0.15) is 18.9 Å². The van der Waals surface area contributed by atoms with Crippen LogP contribution in [0.4, 0.5) is 10.8 Å². The number of sulfonamides is 1. The largest absolute Gasteiger partial charge is 0.299 e. The first-order valence-electron chi connectivity index (χ1n) is 9.30. The minimum absolute atomic E-state index is 0.118. The molecular weight excluding hydrogens is 440 g/mol. The van der Waals surface area contributed by atoms with Crippen LogP contribution in [0.3, 0.4) is 0 Å². The highest BCUT2D eigenvalue weighted by atomic mass is 32.2. The number of rotatable bonds is 9. The molecule has 0 saturated carbocycles. The highest BCUT2D eigenvalue weighted by molar-refractivity contribution is 8.01. The van der Waals surface area contributed by atoms with Crippen molar-refractivity contribution in [3.8, 4) is 0 Å². The molecule has 7 nitrogen and oxygen atoms in total. The Kier molecular flexibility index (Phi) is 7.46. The Morgan fingerprint density at radius 3 is 2.47 bits per heavy atom. The number of aryl methyl sites for hydroxylation is 1. The summed E-state index contributed by atoms with van der Waals surface area (Å²) < 4.78 is 28.4. The maximum absolute atomic E-state index is 13.2. The zero-order valence-electron chi connectivity index (χ0n) is 16.6. The lowest BCUT2D eigenvalue weighted by Crippen LogP contribution is -2.38. The van der Waals surface area contributed by atoms with Crippen molar-refractivity contribution in [3.63, 3.8) is 0 Å². The molecule has 0 fully saturated rings. The second-order valence-corrected chi connectivity index (χ2v) is 10.6. The molecule has 1 amide bonds. The lowest BCUT2D eigenvalue weighted by Gasteiger charge is -2.24. The number of thioether (sulfide) groups is 1. The molecule has 2 aromatic carbocycles. The smallest absolute Gasteiger partial charge is 0.264 e. The zero-order valence-corrected chi connectivity index (χ0v) is 19.1. The van der Waals surface area contributed by atoms with E-state index in [1.54, 1.807) is 42.1 Å². The molecule has 30 heavy (non-hydrogen) atoms. The minimum atomic E-state index is -3.93. The third-order valence-electron chi connectivity index (χ3n) is 4.02. The fourth-order valence-corrected chi connectivity index (χ4v) is 5.68. The minimum Gasteiger partial charge on any atom is -0.299 e. The molecule has 0 spiro atoms. The maximum Gasteiger partial charge on any atom is 0.264 e. The van der Waals surface area contributed by atoms with Crippen molar-refractivity contribution in [2.24, 2.45) is 0 Å². The van der Waals surface area contributed by atoms with E-state index in [0.717, 1.165) is 26.4 Å². The van der Waals surface area contributed by atoms with E-state index in [2.05, 4.69) is 22.4 Å². The predicted octanol–water partition coefficient (Wildman–Crippen LogP) is 4.18. The van der Waals surface area contributed by atoms with Crippen LogP contribution in [0.25, 0.3) is 0 Å². The molecule has 1 heterocycles. The Labute approximate surface area is 184 Å². The van der Waals surface area contributed by atoms with E-state index >= 15 is 0 Å². The summed E-state index contributed by atoms with van der Waals surface area (Å²) in [6.45, 7) is 3.61. The quantitative estimate of drug-likeness (QED) is 0.379. The SMILES string of the molecule is CCCSc1nnc(NC(=O)CN(c2ccc(C)cc2)S(=O)(=O)c2ccccc2)s1. The third kappa shape index (κ3) is 5.59. The summed E-state index contributed by atoms with van der Waals surface area (Å²) in [6, 6.07) is 15.1. The van der Waals surface area contributed by atoms with Crippen LogP contribution in [0, 0.1) is 6.92 Å². The molecule has 1 aromatic heterocycles. The van der Waals surface area contributed by atoms with Crippen LogP contribution in [-0.2, 0) is 14.8 Å². The lowest BCUT2D eigenvalue weighted by atomic mass is 10.2. The van der Waals surface area contributed by atoms with Crippen molar-refractivity contribution in [3.05, 3.63) is 60.2 Å². The van der Waals surface area contributed by atoms with E-state index in [9.17, 15) is 13.2 Å². The number of hydrogen-bond donors (Lipinski definition) is 1. The summed E-state index contributed by atoms with van der Waals surface area (Å²) in [5, 5.41) is 11.0. The van der Waals surface area contributed by atoms with E-state index in [4.69, 9.17) is 0 Å². The van der Waals surface area contributed by atoms with E-state index in [1.165, 1.54) is 23.5 Å². The van der Waals surface area contributed by atoms with Gasteiger partial charge >= 0.3 is 0 Å². The number of carbonyl (C=O) groups is 1. The number of nitrogens with one attached hydrogen (secondary N) is 1. The predicted molar refractivity (Wildman–Crippen MR) is 122 cm³/mol. The lowest BCUT2D eigenvalue weighted by molar-refractivity contribution is -0.114. The Bertz CT molecular complexity index is 1080. The summed E-state index contributed by atoms with van der Waals surface area (Å²) in [5.41, 5.74) is 1.40. The van der Waals surface area contributed by atoms with Crippen LogP contribution in [-0.4, -0.2) is 36.8 Å². The summed E-state index contributed by atoms with van der Waals surface area (Å²) in [4.78, 5) is 12.8. The first kappa shape index (κ1) is 22.3. The second kappa shape index (κ2) is 10.1. The molecular formula is C20H22N4O3S3. The monoisotopic (exact) mass is 462 g/mol. The molecule has 0 saturated heterocycles. The molecule has 0 atom stereocenters. The number of benzene rings is 2. The highest BCUT2D eigenvalue weighted by Crippen LogP contribution is 2.27. The van der Waals surface area contributed by atoms with E-state index in [-0.39, 0.29) is 11.4 Å². The Hall–Kier alpha value is -2.43. The van der Waals surface area contributed by atoms with Gasteiger partial charge in [0.15, 0.2) is 4.34 Å². The van der Waals surface area contributed by atoms with Gasteiger partial charge in [-0.25, -0.2) is 8.42 Å².